The van der Waals surface area contributed by atoms with Crippen LogP contribution in [0.4, 0.5) is 0 Å². The molecule has 2 atom stereocenters. The highest BCUT2D eigenvalue weighted by atomic mass is 32.2. The van der Waals surface area contributed by atoms with Crippen LogP contribution in [0, 0.1) is 0 Å². The van der Waals surface area contributed by atoms with Crippen LogP contribution in [0.15, 0.2) is 0 Å². The van der Waals surface area contributed by atoms with Crippen LogP contribution >= 0.6 is 0 Å². The number of hydrogen-bond donors (Lipinski definition) is 3. The zero-order valence-electron chi connectivity index (χ0n) is 7.39. The maximum absolute atomic E-state index is 10.5. The Morgan fingerprint density at radius 3 is 1.29 bits per heavy atom. The second kappa shape index (κ2) is 4.08. The van der Waals surface area contributed by atoms with Gasteiger partial charge in [0.2, 0.25) is 0 Å². The van der Waals surface area contributed by atoms with Crippen molar-refractivity contribution < 1.29 is 31.1 Å². The maximum Gasteiger partial charge on any atom is 0.283 e. The van der Waals surface area contributed by atoms with Crippen molar-refractivity contribution in [1.29, 1.82) is 0 Å². The van der Waals surface area contributed by atoms with E-state index in [-0.39, 0.29) is 5.06 Å². The minimum Gasteiger partial charge on any atom is -0.311 e. The second-order valence-corrected chi connectivity index (χ2v) is 6.03. The summed E-state index contributed by atoms with van der Waals surface area (Å²) in [6.07, 6.45) is 0. The SMILES string of the molecule is CC(N(O)C(C)S(=O)(=O)O)S(=O)(=O)O. The minimum atomic E-state index is -4.61. The molecule has 0 heterocycles. The van der Waals surface area contributed by atoms with Crippen LogP contribution in [-0.4, -0.2) is 47.0 Å². The van der Waals surface area contributed by atoms with Crippen LogP contribution in [0.5, 0.6) is 0 Å². The Kier molecular flexibility index (Phi) is 4.01. The summed E-state index contributed by atoms with van der Waals surface area (Å²) in [5.41, 5.74) is 0. The van der Waals surface area contributed by atoms with E-state index >= 15 is 0 Å². The summed E-state index contributed by atoms with van der Waals surface area (Å²) in [6.45, 7) is 1.72. The van der Waals surface area contributed by atoms with Gasteiger partial charge >= 0.3 is 0 Å². The largest absolute Gasteiger partial charge is 0.311 e. The van der Waals surface area contributed by atoms with Crippen molar-refractivity contribution >= 4 is 20.2 Å². The zero-order valence-corrected chi connectivity index (χ0v) is 9.03. The Bertz CT molecular complexity index is 346. The van der Waals surface area contributed by atoms with E-state index in [4.69, 9.17) is 14.3 Å². The Morgan fingerprint density at radius 1 is 0.929 bits per heavy atom. The highest BCUT2D eigenvalue weighted by Gasteiger charge is 2.33. The van der Waals surface area contributed by atoms with Gasteiger partial charge in [0.05, 0.1) is 0 Å². The molecule has 3 N–H and O–H groups in total. The predicted octanol–water partition coefficient (Wildman–Crippen LogP) is -0.855. The summed E-state index contributed by atoms with van der Waals surface area (Å²) in [5.74, 6) is 0. The van der Waals surface area contributed by atoms with E-state index in [1.54, 1.807) is 0 Å². The molecule has 0 aromatic carbocycles. The quantitative estimate of drug-likeness (QED) is 0.433. The van der Waals surface area contributed by atoms with Crippen molar-refractivity contribution in [3.05, 3.63) is 0 Å². The molecular weight excluding hydrogens is 238 g/mol. The number of rotatable bonds is 4. The van der Waals surface area contributed by atoms with E-state index < -0.39 is 31.0 Å². The number of hydroxylamine groups is 2. The first kappa shape index (κ1) is 13.7. The Labute approximate surface area is 81.6 Å². The van der Waals surface area contributed by atoms with Gasteiger partial charge in [0, 0.05) is 0 Å². The van der Waals surface area contributed by atoms with Crippen molar-refractivity contribution in [2.45, 2.75) is 24.6 Å². The molecule has 8 nitrogen and oxygen atoms in total. The first-order chi connectivity index (χ1) is 5.98. The molecule has 0 aliphatic carbocycles. The first-order valence-electron chi connectivity index (χ1n) is 3.37. The summed E-state index contributed by atoms with van der Waals surface area (Å²) >= 11 is 0. The molecule has 0 saturated heterocycles. The van der Waals surface area contributed by atoms with Crippen molar-refractivity contribution in [2.24, 2.45) is 0 Å². The fourth-order valence-electron chi connectivity index (χ4n) is 0.569. The third kappa shape index (κ3) is 3.48. The minimum absolute atomic E-state index is 0.176. The standard InChI is InChI=1S/C4H11NO7S2/c1-3(13(7,8)9)5(6)4(2)14(10,11)12/h3-4,6H,1-2H3,(H,7,8,9)(H,10,11,12). The van der Waals surface area contributed by atoms with Gasteiger partial charge in [-0.25, -0.2) is 0 Å². The summed E-state index contributed by atoms with van der Waals surface area (Å²) in [6, 6.07) is 0. The molecule has 0 aromatic rings. The Balaban J connectivity index is 4.91. The van der Waals surface area contributed by atoms with Gasteiger partial charge in [-0.2, -0.15) is 21.9 Å². The summed E-state index contributed by atoms with van der Waals surface area (Å²) in [5, 5.41) is 5.14. The van der Waals surface area contributed by atoms with Crippen molar-refractivity contribution in [3.8, 4) is 0 Å². The van der Waals surface area contributed by atoms with Crippen molar-refractivity contribution in [2.75, 3.05) is 0 Å². The molecule has 0 aromatic heterocycles. The van der Waals surface area contributed by atoms with E-state index in [9.17, 15) is 16.8 Å². The normalized spacial score (nSPS) is 18.1. The monoisotopic (exact) mass is 249 g/mol. The molecule has 0 amide bonds. The van der Waals surface area contributed by atoms with Crippen LogP contribution in [0.25, 0.3) is 0 Å². The highest BCUT2D eigenvalue weighted by molar-refractivity contribution is 7.87. The summed E-state index contributed by atoms with van der Waals surface area (Å²) in [7, 11) is -9.21. The fourth-order valence-corrected chi connectivity index (χ4v) is 1.56. The number of hydrogen-bond acceptors (Lipinski definition) is 6. The average Bonchev–Trinajstić information content (AvgIpc) is 1.97. The lowest BCUT2D eigenvalue weighted by molar-refractivity contribution is -0.110. The van der Waals surface area contributed by atoms with Crippen molar-refractivity contribution in [1.82, 2.24) is 5.06 Å². The molecular formula is C4H11NO7S2. The van der Waals surface area contributed by atoms with Gasteiger partial charge in [-0.1, -0.05) is 0 Å². The van der Waals surface area contributed by atoms with E-state index in [0.29, 0.717) is 0 Å². The molecule has 0 radical (unpaired) electrons. The van der Waals surface area contributed by atoms with Crippen LogP contribution in [0.1, 0.15) is 13.8 Å². The fraction of sp³-hybridized carbons (Fsp3) is 1.00. The van der Waals surface area contributed by atoms with Crippen molar-refractivity contribution in [3.63, 3.8) is 0 Å². The molecule has 0 aliphatic heterocycles. The molecule has 0 aliphatic rings. The number of nitrogens with zero attached hydrogens (tertiary/aromatic N) is 1. The molecule has 0 fully saturated rings. The van der Waals surface area contributed by atoms with Gasteiger partial charge in [0.1, 0.15) is 0 Å². The van der Waals surface area contributed by atoms with E-state index in [0.717, 1.165) is 13.8 Å². The predicted molar refractivity (Wildman–Crippen MR) is 45.6 cm³/mol. The maximum atomic E-state index is 10.5. The molecule has 2 unspecified atom stereocenters. The van der Waals surface area contributed by atoms with Gasteiger partial charge in [-0.3, -0.25) is 9.11 Å². The highest BCUT2D eigenvalue weighted by Crippen LogP contribution is 2.10. The lowest BCUT2D eigenvalue weighted by Gasteiger charge is -2.23. The topological polar surface area (TPSA) is 132 Å². The van der Waals surface area contributed by atoms with Crippen LogP contribution in [0.2, 0.25) is 0 Å². The Hall–Kier alpha value is -0.260. The molecule has 14 heavy (non-hydrogen) atoms. The van der Waals surface area contributed by atoms with Gasteiger partial charge in [0.25, 0.3) is 20.2 Å². The van der Waals surface area contributed by atoms with Gasteiger partial charge in [-0.15, -0.1) is 0 Å². The third-order valence-electron chi connectivity index (χ3n) is 1.61. The summed E-state index contributed by atoms with van der Waals surface area (Å²) in [4.78, 5) is 0. The van der Waals surface area contributed by atoms with Crippen LogP contribution in [0.3, 0.4) is 0 Å². The molecule has 0 spiro atoms. The Morgan fingerprint density at radius 2 is 1.14 bits per heavy atom. The van der Waals surface area contributed by atoms with Gasteiger partial charge in [-0.05, 0) is 13.8 Å². The van der Waals surface area contributed by atoms with Crippen LogP contribution in [-0.2, 0) is 20.2 Å². The second-order valence-electron chi connectivity index (χ2n) is 2.61. The lowest BCUT2D eigenvalue weighted by Crippen LogP contribution is -2.45. The van der Waals surface area contributed by atoms with E-state index in [1.807, 2.05) is 0 Å². The molecule has 0 bridgehead atoms. The smallest absolute Gasteiger partial charge is 0.283 e. The zero-order chi connectivity index (χ0) is 11.7. The molecule has 10 heteroatoms. The third-order valence-corrected chi connectivity index (χ3v) is 3.76. The van der Waals surface area contributed by atoms with Gasteiger partial charge in [0.15, 0.2) is 10.7 Å². The summed E-state index contributed by atoms with van der Waals surface area (Å²) < 4.78 is 58.9. The van der Waals surface area contributed by atoms with Gasteiger partial charge < -0.3 is 5.21 Å². The first-order valence-corrected chi connectivity index (χ1v) is 6.38. The lowest BCUT2D eigenvalue weighted by atomic mass is 10.6. The molecule has 0 saturated carbocycles. The van der Waals surface area contributed by atoms with E-state index in [1.165, 1.54) is 0 Å². The average molecular weight is 249 g/mol. The molecule has 86 valence electrons. The molecule has 0 rings (SSSR count). The van der Waals surface area contributed by atoms with Crippen LogP contribution < -0.4 is 0 Å². The van der Waals surface area contributed by atoms with E-state index in [2.05, 4.69) is 0 Å².